The van der Waals surface area contributed by atoms with Gasteiger partial charge in [0, 0.05) is 45.3 Å². The van der Waals surface area contributed by atoms with Crippen LogP contribution in [0.4, 0.5) is 5.69 Å². The maximum absolute atomic E-state index is 12.3. The van der Waals surface area contributed by atoms with Crippen LogP contribution in [0.15, 0.2) is 24.3 Å². The zero-order valence-electron chi connectivity index (χ0n) is 11.6. The number of carbonyl (C=O) groups excluding carboxylic acids is 2. The molecule has 1 unspecified atom stereocenters. The lowest BCUT2D eigenvalue weighted by atomic mass is 9.96. The first-order valence-electron chi connectivity index (χ1n) is 7.03. The van der Waals surface area contributed by atoms with Gasteiger partial charge in [-0.05, 0) is 11.6 Å². The molecule has 2 heterocycles. The maximum Gasteiger partial charge on any atom is 0.234 e. The molecule has 1 aromatic carbocycles. The van der Waals surface area contributed by atoms with Crippen LogP contribution in [0.5, 0.6) is 0 Å². The summed E-state index contributed by atoms with van der Waals surface area (Å²) < 4.78 is 0. The van der Waals surface area contributed by atoms with Crippen LogP contribution in [-0.2, 0) is 9.59 Å². The van der Waals surface area contributed by atoms with Crippen LogP contribution in [-0.4, -0.2) is 49.9 Å². The number of anilines is 1. The molecule has 1 fully saturated rings. The minimum Gasteiger partial charge on any atom is -0.340 e. The molecule has 1 aromatic rings. The topological polar surface area (TPSA) is 52.7 Å². The number of carbonyl (C=O) groups is 2. The van der Waals surface area contributed by atoms with Gasteiger partial charge >= 0.3 is 0 Å². The van der Waals surface area contributed by atoms with Crippen LogP contribution in [0.1, 0.15) is 17.9 Å². The van der Waals surface area contributed by atoms with E-state index in [1.54, 1.807) is 11.9 Å². The van der Waals surface area contributed by atoms with E-state index in [4.69, 9.17) is 0 Å². The Morgan fingerprint density at radius 3 is 2.75 bits per heavy atom. The first-order chi connectivity index (χ1) is 9.68. The molecular weight excluding hydrogens is 254 g/mol. The van der Waals surface area contributed by atoms with Gasteiger partial charge in [-0.15, -0.1) is 0 Å². The predicted octanol–water partition coefficient (Wildman–Crippen LogP) is 0.569. The first kappa shape index (κ1) is 13.1. The second-order valence-electron chi connectivity index (χ2n) is 5.34. The van der Waals surface area contributed by atoms with Gasteiger partial charge in [-0.3, -0.25) is 9.59 Å². The van der Waals surface area contributed by atoms with E-state index in [0.29, 0.717) is 0 Å². The molecule has 1 saturated heterocycles. The number of likely N-dealkylation sites (N-methyl/N-ethyl adjacent to an activating group) is 1. The summed E-state index contributed by atoms with van der Waals surface area (Å²) in [5.41, 5.74) is 1.90. The summed E-state index contributed by atoms with van der Waals surface area (Å²) in [5, 5.41) is 3.23. The van der Waals surface area contributed by atoms with E-state index in [0.717, 1.165) is 37.4 Å². The number of hydrogen-bond acceptors (Lipinski definition) is 3. The zero-order chi connectivity index (χ0) is 14.1. The molecule has 0 aliphatic carbocycles. The van der Waals surface area contributed by atoms with Crippen LogP contribution in [0, 0.1) is 0 Å². The number of piperazine rings is 1. The van der Waals surface area contributed by atoms with Gasteiger partial charge in [-0.1, -0.05) is 18.2 Å². The normalized spacial score (nSPS) is 22.1. The fraction of sp³-hybridized carbons (Fsp3) is 0.467. The highest BCUT2D eigenvalue weighted by atomic mass is 16.2. The molecular formula is C15H19N3O2. The van der Waals surface area contributed by atoms with Crippen molar-refractivity contribution in [2.45, 2.75) is 12.3 Å². The Labute approximate surface area is 118 Å². The summed E-state index contributed by atoms with van der Waals surface area (Å²) in [6.45, 7) is 3.14. The standard InChI is InChI=1S/C15H19N3O2/c1-17-13-5-3-2-4-11(13)12(15(17)20)10-14(19)18-8-6-16-7-9-18/h2-5,12,16H,6-10H2,1H3. The number of nitrogens with one attached hydrogen (secondary N) is 1. The molecule has 2 aliphatic rings. The van der Waals surface area contributed by atoms with Gasteiger partial charge in [0.05, 0.1) is 5.92 Å². The van der Waals surface area contributed by atoms with Gasteiger partial charge < -0.3 is 15.1 Å². The molecule has 1 N–H and O–H groups in total. The van der Waals surface area contributed by atoms with Gasteiger partial charge in [0.25, 0.3) is 0 Å². The van der Waals surface area contributed by atoms with Crippen LogP contribution >= 0.6 is 0 Å². The van der Waals surface area contributed by atoms with Gasteiger partial charge in [0.2, 0.25) is 11.8 Å². The van der Waals surface area contributed by atoms with E-state index in [9.17, 15) is 9.59 Å². The van der Waals surface area contributed by atoms with E-state index in [1.165, 1.54) is 0 Å². The van der Waals surface area contributed by atoms with E-state index in [-0.39, 0.29) is 24.2 Å². The number of rotatable bonds is 2. The summed E-state index contributed by atoms with van der Waals surface area (Å²) in [7, 11) is 1.77. The Bertz CT molecular complexity index is 538. The number of nitrogens with zero attached hydrogens (tertiary/aromatic N) is 2. The minimum atomic E-state index is -0.321. The number of hydrogen-bond donors (Lipinski definition) is 1. The van der Waals surface area contributed by atoms with Crippen LogP contribution in [0.2, 0.25) is 0 Å². The maximum atomic E-state index is 12.3. The lowest BCUT2D eigenvalue weighted by molar-refractivity contribution is -0.134. The molecule has 0 spiro atoms. The summed E-state index contributed by atoms with van der Waals surface area (Å²) in [4.78, 5) is 28.2. The van der Waals surface area contributed by atoms with Crippen LogP contribution in [0.3, 0.4) is 0 Å². The second-order valence-corrected chi connectivity index (χ2v) is 5.34. The third kappa shape index (κ3) is 2.18. The molecule has 106 valence electrons. The highest BCUT2D eigenvalue weighted by Crippen LogP contribution is 2.38. The van der Waals surface area contributed by atoms with Crippen molar-refractivity contribution in [3.63, 3.8) is 0 Å². The molecule has 20 heavy (non-hydrogen) atoms. The van der Waals surface area contributed by atoms with Crippen molar-refractivity contribution in [1.29, 1.82) is 0 Å². The smallest absolute Gasteiger partial charge is 0.234 e. The van der Waals surface area contributed by atoms with Gasteiger partial charge in [0.1, 0.15) is 0 Å². The van der Waals surface area contributed by atoms with Crippen molar-refractivity contribution in [3.05, 3.63) is 29.8 Å². The lowest BCUT2D eigenvalue weighted by Crippen LogP contribution is -2.47. The molecule has 0 aromatic heterocycles. The van der Waals surface area contributed by atoms with Crippen LogP contribution in [0.25, 0.3) is 0 Å². The fourth-order valence-corrected chi connectivity index (χ4v) is 2.99. The van der Waals surface area contributed by atoms with Crippen molar-refractivity contribution < 1.29 is 9.59 Å². The Kier molecular flexibility index (Phi) is 3.44. The molecule has 5 nitrogen and oxygen atoms in total. The first-order valence-corrected chi connectivity index (χ1v) is 7.03. The Morgan fingerprint density at radius 1 is 1.30 bits per heavy atom. The average Bonchev–Trinajstić information content (AvgIpc) is 2.74. The van der Waals surface area contributed by atoms with E-state index < -0.39 is 0 Å². The van der Waals surface area contributed by atoms with Crippen molar-refractivity contribution in [1.82, 2.24) is 10.2 Å². The third-order valence-electron chi connectivity index (χ3n) is 4.15. The molecule has 0 saturated carbocycles. The molecule has 2 aliphatic heterocycles. The van der Waals surface area contributed by atoms with Crippen molar-refractivity contribution in [2.75, 3.05) is 38.1 Å². The molecule has 2 amide bonds. The number of benzene rings is 1. The van der Waals surface area contributed by atoms with Crippen molar-refractivity contribution >= 4 is 17.5 Å². The molecule has 5 heteroatoms. The fourth-order valence-electron chi connectivity index (χ4n) is 2.99. The lowest BCUT2D eigenvalue weighted by Gasteiger charge is -2.28. The third-order valence-corrected chi connectivity index (χ3v) is 4.15. The monoisotopic (exact) mass is 273 g/mol. The number of amides is 2. The highest BCUT2D eigenvalue weighted by molar-refractivity contribution is 6.06. The van der Waals surface area contributed by atoms with Crippen molar-refractivity contribution in [2.24, 2.45) is 0 Å². The van der Waals surface area contributed by atoms with Gasteiger partial charge in [-0.25, -0.2) is 0 Å². The summed E-state index contributed by atoms with van der Waals surface area (Å²) in [6.07, 6.45) is 0.278. The van der Waals surface area contributed by atoms with Crippen LogP contribution < -0.4 is 10.2 Å². The minimum absolute atomic E-state index is 0.0229. The summed E-state index contributed by atoms with van der Waals surface area (Å²) in [5.74, 6) is -0.219. The molecule has 0 bridgehead atoms. The van der Waals surface area contributed by atoms with Gasteiger partial charge in [-0.2, -0.15) is 0 Å². The highest BCUT2D eigenvalue weighted by Gasteiger charge is 2.37. The van der Waals surface area contributed by atoms with Crippen molar-refractivity contribution in [3.8, 4) is 0 Å². The largest absolute Gasteiger partial charge is 0.340 e. The molecule has 0 radical (unpaired) electrons. The Hall–Kier alpha value is -1.88. The molecule has 3 rings (SSSR count). The zero-order valence-corrected chi connectivity index (χ0v) is 11.6. The molecule has 1 atom stereocenters. The summed E-state index contributed by atoms with van der Waals surface area (Å²) >= 11 is 0. The number of fused-ring (bicyclic) bond motifs is 1. The van der Waals surface area contributed by atoms with Gasteiger partial charge in [0.15, 0.2) is 0 Å². The quantitative estimate of drug-likeness (QED) is 0.857. The SMILES string of the molecule is CN1C(=O)C(CC(=O)N2CCNCC2)c2ccccc21. The number of para-hydroxylation sites is 1. The van der Waals surface area contributed by atoms with E-state index >= 15 is 0 Å². The van der Waals surface area contributed by atoms with E-state index in [2.05, 4.69) is 5.32 Å². The average molecular weight is 273 g/mol. The second kappa shape index (κ2) is 5.25. The van der Waals surface area contributed by atoms with E-state index in [1.807, 2.05) is 29.2 Å². The predicted molar refractivity (Wildman–Crippen MR) is 76.7 cm³/mol. The summed E-state index contributed by atoms with van der Waals surface area (Å²) in [6, 6.07) is 7.73. The Balaban J connectivity index is 1.77. The Morgan fingerprint density at radius 2 is 2.00 bits per heavy atom.